The summed E-state index contributed by atoms with van der Waals surface area (Å²) >= 11 is 1.45. The number of sulfonamides is 1. The molecule has 1 aliphatic carbocycles. The van der Waals surface area contributed by atoms with Gasteiger partial charge in [0.05, 0.1) is 11.8 Å². The number of carbonyl (C=O) groups excluding carboxylic acids is 2. The van der Waals surface area contributed by atoms with Crippen molar-refractivity contribution < 1.29 is 18.0 Å². The molecule has 26 heavy (non-hydrogen) atoms. The van der Waals surface area contributed by atoms with Crippen LogP contribution < -0.4 is 11.1 Å². The van der Waals surface area contributed by atoms with Gasteiger partial charge in [0.1, 0.15) is 5.00 Å². The summed E-state index contributed by atoms with van der Waals surface area (Å²) in [7, 11) is -3.22. The van der Waals surface area contributed by atoms with E-state index in [4.69, 9.17) is 5.73 Å². The van der Waals surface area contributed by atoms with Crippen molar-refractivity contribution in [3.63, 3.8) is 0 Å². The number of nitrogens with zero attached hydrogens (tertiary/aromatic N) is 1. The Morgan fingerprint density at radius 2 is 1.88 bits per heavy atom. The Labute approximate surface area is 158 Å². The van der Waals surface area contributed by atoms with Gasteiger partial charge in [-0.15, -0.1) is 11.3 Å². The number of hydrogen-bond donors (Lipinski definition) is 2. The molecule has 144 valence electrons. The maximum absolute atomic E-state index is 12.7. The molecule has 1 saturated heterocycles. The van der Waals surface area contributed by atoms with E-state index in [-0.39, 0.29) is 11.8 Å². The van der Waals surface area contributed by atoms with Gasteiger partial charge in [0.25, 0.3) is 5.91 Å². The molecule has 1 aromatic rings. The van der Waals surface area contributed by atoms with Crippen molar-refractivity contribution in [2.75, 3.05) is 24.7 Å². The van der Waals surface area contributed by atoms with Crippen molar-refractivity contribution in [3.05, 3.63) is 16.0 Å². The lowest BCUT2D eigenvalue weighted by Crippen LogP contribution is -2.40. The molecule has 3 rings (SSSR count). The van der Waals surface area contributed by atoms with E-state index in [2.05, 4.69) is 12.2 Å². The topological polar surface area (TPSA) is 110 Å². The van der Waals surface area contributed by atoms with Gasteiger partial charge in [0.2, 0.25) is 15.9 Å². The maximum Gasteiger partial charge on any atom is 0.251 e. The summed E-state index contributed by atoms with van der Waals surface area (Å²) in [4.78, 5) is 25.7. The predicted octanol–water partition coefficient (Wildman–Crippen LogP) is 1.58. The summed E-state index contributed by atoms with van der Waals surface area (Å²) in [6.07, 6.45) is 4.88. The predicted molar refractivity (Wildman–Crippen MR) is 102 cm³/mol. The number of carbonyl (C=O) groups is 2. The lowest BCUT2D eigenvalue weighted by Gasteiger charge is -2.29. The highest BCUT2D eigenvalue weighted by Crippen LogP contribution is 2.39. The molecule has 0 aromatic carbocycles. The van der Waals surface area contributed by atoms with Crippen LogP contribution in [0.25, 0.3) is 0 Å². The Morgan fingerprint density at radius 3 is 2.46 bits per heavy atom. The first-order valence-electron chi connectivity index (χ1n) is 8.87. The number of fused-ring (bicyclic) bond motifs is 1. The van der Waals surface area contributed by atoms with E-state index in [1.807, 2.05) is 0 Å². The third kappa shape index (κ3) is 3.94. The van der Waals surface area contributed by atoms with Crippen LogP contribution in [0.2, 0.25) is 0 Å². The number of piperidine rings is 1. The number of nitrogens with two attached hydrogens (primary N) is 1. The van der Waals surface area contributed by atoms with Crippen LogP contribution in [-0.4, -0.2) is 43.9 Å². The molecule has 9 heteroatoms. The highest BCUT2D eigenvalue weighted by molar-refractivity contribution is 7.88. The second-order valence-corrected chi connectivity index (χ2v) is 10.4. The summed E-state index contributed by atoms with van der Waals surface area (Å²) in [5, 5.41) is 3.45. The fourth-order valence-corrected chi connectivity index (χ4v) is 6.06. The van der Waals surface area contributed by atoms with Crippen molar-refractivity contribution in [2.24, 2.45) is 17.6 Å². The molecule has 2 heterocycles. The molecule has 0 radical (unpaired) electrons. The second kappa shape index (κ2) is 7.28. The molecule has 1 atom stereocenters. The van der Waals surface area contributed by atoms with Crippen LogP contribution in [0.5, 0.6) is 0 Å². The molecule has 1 aliphatic heterocycles. The Hall–Kier alpha value is -1.45. The molecule has 2 aliphatic rings. The van der Waals surface area contributed by atoms with Crippen LogP contribution in [0.1, 0.15) is 47.0 Å². The van der Waals surface area contributed by atoms with E-state index in [0.29, 0.717) is 42.4 Å². The van der Waals surface area contributed by atoms with Crippen LogP contribution in [0.15, 0.2) is 0 Å². The number of rotatable bonds is 4. The average Bonchev–Trinajstić information content (AvgIpc) is 2.91. The van der Waals surface area contributed by atoms with Crippen LogP contribution in [0.4, 0.5) is 5.00 Å². The number of thiophene rings is 1. The first kappa shape index (κ1) is 19.3. The minimum Gasteiger partial charge on any atom is -0.365 e. The number of hydrogen-bond acceptors (Lipinski definition) is 5. The van der Waals surface area contributed by atoms with E-state index in [0.717, 1.165) is 29.7 Å². The Bertz CT molecular complexity index is 823. The van der Waals surface area contributed by atoms with Gasteiger partial charge in [-0.1, -0.05) is 6.92 Å². The van der Waals surface area contributed by atoms with Crippen molar-refractivity contribution in [3.8, 4) is 0 Å². The van der Waals surface area contributed by atoms with Crippen molar-refractivity contribution in [1.82, 2.24) is 4.31 Å². The van der Waals surface area contributed by atoms with Crippen LogP contribution in [0.3, 0.4) is 0 Å². The van der Waals surface area contributed by atoms with E-state index >= 15 is 0 Å². The molecule has 7 nitrogen and oxygen atoms in total. The van der Waals surface area contributed by atoms with Crippen molar-refractivity contribution in [1.29, 1.82) is 0 Å². The second-order valence-electron chi connectivity index (χ2n) is 7.35. The summed E-state index contributed by atoms with van der Waals surface area (Å²) in [6, 6.07) is 0. The Morgan fingerprint density at radius 1 is 1.23 bits per heavy atom. The van der Waals surface area contributed by atoms with Crippen molar-refractivity contribution >= 4 is 38.2 Å². The van der Waals surface area contributed by atoms with Gasteiger partial charge in [-0.25, -0.2) is 12.7 Å². The fraction of sp³-hybridized carbons (Fsp3) is 0.647. The lowest BCUT2D eigenvalue weighted by atomic mass is 9.88. The third-order valence-corrected chi connectivity index (χ3v) is 7.76. The van der Waals surface area contributed by atoms with Gasteiger partial charge >= 0.3 is 0 Å². The molecular formula is C17H25N3O4S2. The molecule has 1 fully saturated rings. The van der Waals surface area contributed by atoms with Crippen LogP contribution in [-0.2, 0) is 27.7 Å². The maximum atomic E-state index is 12.7. The number of amides is 2. The summed E-state index contributed by atoms with van der Waals surface area (Å²) < 4.78 is 24.6. The fourth-order valence-electron chi connectivity index (χ4n) is 3.76. The normalized spacial score (nSPS) is 22.0. The molecule has 1 unspecified atom stereocenters. The Kier molecular flexibility index (Phi) is 5.41. The summed E-state index contributed by atoms with van der Waals surface area (Å²) in [5.74, 6) is -0.357. The number of nitrogens with one attached hydrogen (secondary N) is 1. The minimum absolute atomic E-state index is 0.160. The van der Waals surface area contributed by atoms with Gasteiger partial charge in [-0.3, -0.25) is 9.59 Å². The first-order valence-corrected chi connectivity index (χ1v) is 11.5. The number of primary amides is 1. The largest absolute Gasteiger partial charge is 0.365 e. The van der Waals surface area contributed by atoms with Crippen LogP contribution >= 0.6 is 11.3 Å². The van der Waals surface area contributed by atoms with Crippen molar-refractivity contribution in [2.45, 2.75) is 39.0 Å². The lowest BCUT2D eigenvalue weighted by molar-refractivity contribution is -0.120. The zero-order chi connectivity index (χ0) is 19.1. The highest BCUT2D eigenvalue weighted by Gasteiger charge is 2.31. The van der Waals surface area contributed by atoms with Gasteiger partial charge in [0.15, 0.2) is 0 Å². The van der Waals surface area contributed by atoms with E-state index in [9.17, 15) is 18.0 Å². The zero-order valence-corrected chi connectivity index (χ0v) is 16.7. The standard InChI is InChI=1S/C17H25N3O4S2/c1-10-3-4-12-13(9-10)25-17(14(12)15(18)21)19-16(22)11-5-7-20(8-6-11)26(2,23)24/h10-11H,3-9H2,1-2H3,(H2,18,21)(H,19,22). The molecule has 0 saturated carbocycles. The zero-order valence-electron chi connectivity index (χ0n) is 15.1. The SMILES string of the molecule is CC1CCc2c(sc(NC(=O)C3CCN(S(C)(=O)=O)CC3)c2C(N)=O)C1. The molecule has 0 bridgehead atoms. The summed E-state index contributed by atoms with van der Waals surface area (Å²) in [5.41, 5.74) is 7.03. The summed E-state index contributed by atoms with van der Waals surface area (Å²) in [6.45, 7) is 2.87. The molecule has 3 N–H and O–H groups in total. The van der Waals surface area contributed by atoms with Gasteiger partial charge in [-0.2, -0.15) is 0 Å². The highest BCUT2D eigenvalue weighted by atomic mass is 32.2. The average molecular weight is 400 g/mol. The Balaban J connectivity index is 1.73. The quantitative estimate of drug-likeness (QED) is 0.801. The van der Waals surface area contributed by atoms with Gasteiger partial charge < -0.3 is 11.1 Å². The van der Waals surface area contributed by atoms with E-state index in [1.54, 1.807) is 0 Å². The number of anilines is 1. The third-order valence-electron chi connectivity index (χ3n) is 5.29. The molecule has 1 aromatic heterocycles. The smallest absolute Gasteiger partial charge is 0.251 e. The van der Waals surface area contributed by atoms with E-state index in [1.165, 1.54) is 21.9 Å². The minimum atomic E-state index is -3.22. The molecular weight excluding hydrogens is 374 g/mol. The first-order chi connectivity index (χ1) is 12.2. The molecule has 0 spiro atoms. The van der Waals surface area contributed by atoms with Gasteiger partial charge in [-0.05, 0) is 43.6 Å². The monoisotopic (exact) mass is 399 g/mol. The van der Waals surface area contributed by atoms with Crippen LogP contribution in [0, 0.1) is 11.8 Å². The molecule has 2 amide bonds. The van der Waals surface area contributed by atoms with Gasteiger partial charge in [0, 0.05) is 23.9 Å². The van der Waals surface area contributed by atoms with E-state index < -0.39 is 15.9 Å².